The maximum Gasteiger partial charge on any atom is 0.308 e. The van der Waals surface area contributed by atoms with Crippen LogP contribution in [0.15, 0.2) is 24.3 Å². The maximum atomic E-state index is 13.7. The van der Waals surface area contributed by atoms with Gasteiger partial charge >= 0.3 is 5.97 Å². The summed E-state index contributed by atoms with van der Waals surface area (Å²) < 4.78 is 13.7. The largest absolute Gasteiger partial charge is 0.481 e. The third-order valence-electron chi connectivity index (χ3n) is 4.84. The zero-order chi connectivity index (χ0) is 16.8. The lowest BCUT2D eigenvalue weighted by Crippen LogP contribution is -2.30. The molecule has 140 valence electrons. The molecule has 1 unspecified atom stereocenters. The summed E-state index contributed by atoms with van der Waals surface area (Å²) in [5, 5.41) is 9.61. The van der Waals surface area contributed by atoms with Gasteiger partial charge in [-0.3, -0.25) is 14.6 Å². The molecule has 1 aromatic carbocycles. The van der Waals surface area contributed by atoms with Crippen LogP contribution in [0, 0.1) is 11.7 Å². The quantitative estimate of drug-likeness (QED) is 0.853. The monoisotopic (exact) mass is 400 g/mol. The lowest BCUT2D eigenvalue weighted by atomic mass is 10.0. The fraction of sp³-hybridized carbons (Fsp3) is 0.389. The number of nitrogens with zero attached hydrogens (tertiary/aromatic N) is 2. The van der Waals surface area contributed by atoms with Gasteiger partial charge in [-0.2, -0.15) is 0 Å². The number of carboxylic acid groups (broad SMARTS) is 1. The van der Waals surface area contributed by atoms with E-state index in [-0.39, 0.29) is 37.3 Å². The smallest absolute Gasteiger partial charge is 0.308 e. The van der Waals surface area contributed by atoms with Crippen molar-refractivity contribution in [2.24, 2.45) is 5.92 Å². The number of hydrogen-bond donors (Lipinski definition) is 1. The standard InChI is InChI=1S/C18H17FN2O3.2ClH/c19-12-3-4-15-13(7-12)14(8-16(20-15)10-1-2-10)17(22)21-6-5-11(9-21)18(23)24;;/h3-4,7-8,10-11H,1-2,5-6,9H2,(H,23,24);2*1H. The highest BCUT2D eigenvalue weighted by atomic mass is 35.5. The van der Waals surface area contributed by atoms with E-state index >= 15 is 0 Å². The first kappa shape index (κ1) is 20.4. The Hall–Kier alpha value is -1.92. The van der Waals surface area contributed by atoms with E-state index in [9.17, 15) is 14.0 Å². The average molecular weight is 401 g/mol. The second-order valence-corrected chi connectivity index (χ2v) is 6.61. The van der Waals surface area contributed by atoms with Crippen LogP contribution in [-0.4, -0.2) is 40.0 Å². The molecule has 2 heterocycles. The van der Waals surface area contributed by atoms with Gasteiger partial charge in [0, 0.05) is 30.1 Å². The average Bonchev–Trinajstić information content (AvgIpc) is 3.29. The highest BCUT2D eigenvalue weighted by Crippen LogP contribution is 2.40. The number of carbonyl (C=O) groups is 2. The normalized spacial score (nSPS) is 19.0. The van der Waals surface area contributed by atoms with Crippen molar-refractivity contribution < 1.29 is 19.1 Å². The Morgan fingerprint density at radius 2 is 1.88 bits per heavy atom. The van der Waals surface area contributed by atoms with Crippen molar-refractivity contribution in [3.63, 3.8) is 0 Å². The van der Waals surface area contributed by atoms with Crippen molar-refractivity contribution in [1.29, 1.82) is 0 Å². The van der Waals surface area contributed by atoms with E-state index in [0.717, 1.165) is 18.5 Å². The molecule has 1 aromatic heterocycles. The van der Waals surface area contributed by atoms with Crippen molar-refractivity contribution in [1.82, 2.24) is 9.88 Å². The number of rotatable bonds is 3. The summed E-state index contributed by atoms with van der Waals surface area (Å²) in [6.07, 6.45) is 2.56. The van der Waals surface area contributed by atoms with Crippen LogP contribution >= 0.6 is 24.8 Å². The number of halogens is 3. The number of pyridine rings is 1. The Kier molecular flexibility index (Phi) is 6.09. The molecule has 4 rings (SSSR count). The number of hydrogen-bond acceptors (Lipinski definition) is 3. The van der Waals surface area contributed by atoms with Gasteiger partial charge in [-0.25, -0.2) is 4.39 Å². The molecule has 0 spiro atoms. The maximum absolute atomic E-state index is 13.7. The van der Waals surface area contributed by atoms with Crippen molar-refractivity contribution in [2.75, 3.05) is 13.1 Å². The SMILES string of the molecule is Cl.Cl.O=C(O)C1CCN(C(=O)c2cc(C3CC3)nc3ccc(F)cc23)C1. The van der Waals surface area contributed by atoms with Gasteiger partial charge in [0.05, 0.1) is 17.0 Å². The van der Waals surface area contributed by atoms with Gasteiger partial charge in [-0.1, -0.05) is 0 Å². The van der Waals surface area contributed by atoms with E-state index < -0.39 is 17.7 Å². The van der Waals surface area contributed by atoms with Gasteiger partial charge in [-0.15, -0.1) is 24.8 Å². The lowest BCUT2D eigenvalue weighted by molar-refractivity contribution is -0.141. The Morgan fingerprint density at radius 3 is 2.50 bits per heavy atom. The summed E-state index contributed by atoms with van der Waals surface area (Å²) >= 11 is 0. The molecule has 26 heavy (non-hydrogen) atoms. The zero-order valence-electron chi connectivity index (χ0n) is 13.9. The number of fused-ring (bicyclic) bond motifs is 1. The third-order valence-corrected chi connectivity index (χ3v) is 4.84. The minimum absolute atomic E-state index is 0. The Bertz CT molecular complexity index is 858. The number of benzene rings is 1. The van der Waals surface area contributed by atoms with Crippen LogP contribution in [0.3, 0.4) is 0 Å². The molecule has 1 amide bonds. The summed E-state index contributed by atoms with van der Waals surface area (Å²) in [5.41, 5.74) is 1.90. The van der Waals surface area contributed by atoms with E-state index in [1.807, 2.05) is 0 Å². The molecule has 2 aromatic rings. The molecule has 1 saturated carbocycles. The minimum atomic E-state index is -0.880. The Morgan fingerprint density at radius 1 is 1.15 bits per heavy atom. The number of amides is 1. The van der Waals surface area contributed by atoms with Crippen LogP contribution < -0.4 is 0 Å². The highest BCUT2D eigenvalue weighted by Gasteiger charge is 2.33. The lowest BCUT2D eigenvalue weighted by Gasteiger charge is -2.18. The van der Waals surface area contributed by atoms with Crippen molar-refractivity contribution in [2.45, 2.75) is 25.2 Å². The zero-order valence-corrected chi connectivity index (χ0v) is 15.5. The van der Waals surface area contributed by atoms with Gasteiger partial charge < -0.3 is 10.0 Å². The fourth-order valence-electron chi connectivity index (χ4n) is 3.30. The summed E-state index contributed by atoms with van der Waals surface area (Å²) in [5.74, 6) is -1.69. The molecule has 1 saturated heterocycles. The molecule has 1 N–H and O–H groups in total. The first-order valence-electron chi connectivity index (χ1n) is 8.15. The predicted molar refractivity (Wildman–Crippen MR) is 99.8 cm³/mol. The molecular formula is C18H19Cl2FN2O3. The van der Waals surface area contributed by atoms with Crippen LogP contribution in [0.25, 0.3) is 10.9 Å². The summed E-state index contributed by atoms with van der Waals surface area (Å²) in [6, 6.07) is 6.03. The summed E-state index contributed by atoms with van der Waals surface area (Å²) in [6.45, 7) is 0.611. The third kappa shape index (κ3) is 3.76. The Balaban J connectivity index is 0.00000121. The molecule has 2 aliphatic rings. The highest BCUT2D eigenvalue weighted by molar-refractivity contribution is 6.06. The first-order valence-corrected chi connectivity index (χ1v) is 8.15. The molecule has 0 bridgehead atoms. The molecule has 2 fully saturated rings. The minimum Gasteiger partial charge on any atom is -0.481 e. The topological polar surface area (TPSA) is 70.5 Å². The number of carbonyl (C=O) groups excluding carboxylic acids is 1. The molecule has 5 nitrogen and oxygen atoms in total. The van der Waals surface area contributed by atoms with Crippen LogP contribution in [-0.2, 0) is 4.79 Å². The molecule has 1 atom stereocenters. The van der Waals surface area contributed by atoms with E-state index in [0.29, 0.717) is 35.3 Å². The van der Waals surface area contributed by atoms with Gasteiger partial charge in [0.2, 0.25) is 0 Å². The number of aliphatic carboxylic acids is 1. The first-order chi connectivity index (χ1) is 11.5. The van der Waals surface area contributed by atoms with Gasteiger partial charge in [0.15, 0.2) is 0 Å². The van der Waals surface area contributed by atoms with Gasteiger partial charge in [0.1, 0.15) is 5.82 Å². The van der Waals surface area contributed by atoms with Crippen molar-refractivity contribution >= 4 is 47.6 Å². The number of carboxylic acids is 1. The Labute approximate surface area is 162 Å². The molecular weight excluding hydrogens is 382 g/mol. The predicted octanol–water partition coefficient (Wildman–Crippen LogP) is 3.64. The molecule has 8 heteroatoms. The van der Waals surface area contributed by atoms with Crippen LogP contribution in [0.5, 0.6) is 0 Å². The second-order valence-electron chi connectivity index (χ2n) is 6.61. The number of likely N-dealkylation sites (tertiary alicyclic amines) is 1. The molecule has 1 aliphatic carbocycles. The molecule has 0 radical (unpaired) electrons. The second kappa shape index (κ2) is 7.76. The van der Waals surface area contributed by atoms with Crippen molar-refractivity contribution in [3.05, 3.63) is 41.3 Å². The fourth-order valence-corrected chi connectivity index (χ4v) is 3.30. The van der Waals surface area contributed by atoms with E-state index in [1.54, 1.807) is 17.0 Å². The molecule has 1 aliphatic heterocycles. The summed E-state index contributed by atoms with van der Waals surface area (Å²) in [7, 11) is 0. The van der Waals surface area contributed by atoms with Crippen LogP contribution in [0.1, 0.15) is 41.2 Å². The van der Waals surface area contributed by atoms with Crippen molar-refractivity contribution in [3.8, 4) is 0 Å². The van der Waals surface area contributed by atoms with Crippen LogP contribution in [0.4, 0.5) is 4.39 Å². The van der Waals surface area contributed by atoms with Gasteiger partial charge in [-0.05, 0) is 43.5 Å². The van der Waals surface area contributed by atoms with E-state index in [1.165, 1.54) is 12.1 Å². The van der Waals surface area contributed by atoms with E-state index in [2.05, 4.69) is 4.98 Å². The van der Waals surface area contributed by atoms with E-state index in [4.69, 9.17) is 5.11 Å². The summed E-state index contributed by atoms with van der Waals surface area (Å²) in [4.78, 5) is 30.1. The van der Waals surface area contributed by atoms with Gasteiger partial charge in [0.25, 0.3) is 5.91 Å². The number of aromatic nitrogens is 1. The van der Waals surface area contributed by atoms with Crippen LogP contribution in [0.2, 0.25) is 0 Å².